The van der Waals surface area contributed by atoms with Crippen LogP contribution in [0.4, 0.5) is 0 Å². The van der Waals surface area contributed by atoms with Crippen molar-refractivity contribution in [2.45, 2.75) is 33.2 Å². The summed E-state index contributed by atoms with van der Waals surface area (Å²) in [5, 5.41) is 3.53. The summed E-state index contributed by atoms with van der Waals surface area (Å²) in [4.78, 5) is 2.38. The molecule has 1 aromatic heterocycles. The Morgan fingerprint density at radius 1 is 1.30 bits per heavy atom. The van der Waals surface area contributed by atoms with E-state index in [9.17, 15) is 0 Å². The quantitative estimate of drug-likeness (QED) is 0.832. The molecule has 0 spiro atoms. The van der Waals surface area contributed by atoms with Crippen LogP contribution in [0, 0.1) is 12.3 Å². The Morgan fingerprint density at radius 3 is 2.65 bits per heavy atom. The molecule has 0 bridgehead atoms. The van der Waals surface area contributed by atoms with Gasteiger partial charge in [-0.2, -0.15) is 0 Å². The van der Waals surface area contributed by atoms with Gasteiger partial charge in [-0.3, -0.25) is 4.90 Å². The Bertz CT molecular complexity index is 397. The van der Waals surface area contributed by atoms with E-state index in [1.54, 1.807) is 0 Å². The third-order valence-corrected chi connectivity index (χ3v) is 4.13. The van der Waals surface area contributed by atoms with Gasteiger partial charge in [0.25, 0.3) is 0 Å². The third-order valence-electron chi connectivity index (χ3n) is 4.13. The van der Waals surface area contributed by atoms with Gasteiger partial charge >= 0.3 is 0 Å². The molecule has 4 nitrogen and oxygen atoms in total. The minimum absolute atomic E-state index is 0.338. The smallest absolute Gasteiger partial charge is 0.118 e. The second-order valence-corrected chi connectivity index (χ2v) is 6.08. The van der Waals surface area contributed by atoms with E-state index in [1.807, 2.05) is 13.0 Å². The fourth-order valence-electron chi connectivity index (χ4n) is 3.05. The Kier molecular flexibility index (Phi) is 5.64. The zero-order chi connectivity index (χ0) is 14.4. The largest absolute Gasteiger partial charge is 0.465 e. The van der Waals surface area contributed by atoms with Gasteiger partial charge in [0.05, 0.1) is 6.54 Å². The summed E-state index contributed by atoms with van der Waals surface area (Å²) in [7, 11) is 2.18. The number of hydrogen-bond acceptors (Lipinski definition) is 4. The van der Waals surface area contributed by atoms with Gasteiger partial charge in [-0.25, -0.2) is 0 Å². The maximum atomic E-state index is 5.68. The van der Waals surface area contributed by atoms with Crippen LogP contribution in [0.5, 0.6) is 0 Å². The molecule has 4 heteroatoms. The van der Waals surface area contributed by atoms with Gasteiger partial charge in [-0.1, -0.05) is 6.92 Å². The summed E-state index contributed by atoms with van der Waals surface area (Å²) in [6.07, 6.45) is 2.28. The molecule has 1 aliphatic heterocycles. The monoisotopic (exact) mass is 280 g/mol. The van der Waals surface area contributed by atoms with Crippen molar-refractivity contribution in [2.24, 2.45) is 5.41 Å². The highest BCUT2D eigenvalue weighted by Crippen LogP contribution is 2.31. The van der Waals surface area contributed by atoms with Crippen molar-refractivity contribution in [1.82, 2.24) is 10.2 Å². The Labute approximate surface area is 122 Å². The van der Waals surface area contributed by atoms with E-state index in [4.69, 9.17) is 9.15 Å². The summed E-state index contributed by atoms with van der Waals surface area (Å²) in [6, 6.07) is 4.11. The van der Waals surface area contributed by atoms with Gasteiger partial charge < -0.3 is 14.5 Å². The Hall–Kier alpha value is -0.840. The Balaban J connectivity index is 1.92. The molecule has 0 radical (unpaired) electrons. The zero-order valence-electron chi connectivity index (χ0n) is 13.1. The molecule has 2 rings (SSSR count). The Morgan fingerprint density at radius 2 is 2.05 bits per heavy atom. The predicted octanol–water partition coefficient (Wildman–Crippen LogP) is 2.43. The highest BCUT2D eigenvalue weighted by Gasteiger charge is 2.33. The first-order valence-electron chi connectivity index (χ1n) is 7.66. The summed E-state index contributed by atoms with van der Waals surface area (Å²) < 4.78 is 11.2. The summed E-state index contributed by atoms with van der Waals surface area (Å²) >= 11 is 0. The second-order valence-electron chi connectivity index (χ2n) is 6.08. The topological polar surface area (TPSA) is 37.6 Å². The standard InChI is InChI=1S/C16H28N2O2/c1-4-17-12-16(7-9-19-10-8-16)13-18(3)11-15-6-5-14(2)20-15/h5-6,17H,4,7-13H2,1-3H3. The fraction of sp³-hybridized carbons (Fsp3) is 0.750. The molecule has 0 unspecified atom stereocenters. The summed E-state index contributed by atoms with van der Waals surface area (Å²) in [5.41, 5.74) is 0.338. The van der Waals surface area contributed by atoms with Crippen LogP contribution >= 0.6 is 0 Å². The van der Waals surface area contributed by atoms with Gasteiger partial charge in [0.15, 0.2) is 0 Å². The van der Waals surface area contributed by atoms with Crippen LogP contribution in [0.2, 0.25) is 0 Å². The first-order valence-corrected chi connectivity index (χ1v) is 7.66. The van der Waals surface area contributed by atoms with E-state index in [0.717, 1.165) is 63.8 Å². The van der Waals surface area contributed by atoms with E-state index >= 15 is 0 Å². The fourth-order valence-corrected chi connectivity index (χ4v) is 3.05. The van der Waals surface area contributed by atoms with Crippen molar-refractivity contribution >= 4 is 0 Å². The molecule has 114 valence electrons. The number of nitrogens with zero attached hydrogens (tertiary/aromatic N) is 1. The maximum Gasteiger partial charge on any atom is 0.118 e. The first-order chi connectivity index (χ1) is 9.63. The van der Waals surface area contributed by atoms with Crippen LogP contribution in [0.3, 0.4) is 0 Å². The molecule has 2 heterocycles. The maximum absolute atomic E-state index is 5.68. The molecule has 0 saturated carbocycles. The second kappa shape index (κ2) is 7.25. The molecule has 1 aromatic rings. The van der Waals surface area contributed by atoms with E-state index < -0.39 is 0 Å². The number of rotatable bonds is 7. The normalized spacial score (nSPS) is 18.6. The van der Waals surface area contributed by atoms with Gasteiger partial charge in [0, 0.05) is 26.3 Å². The van der Waals surface area contributed by atoms with Gasteiger partial charge in [-0.05, 0) is 50.9 Å². The molecule has 1 saturated heterocycles. The average molecular weight is 280 g/mol. The minimum Gasteiger partial charge on any atom is -0.465 e. The van der Waals surface area contributed by atoms with Crippen molar-refractivity contribution in [3.63, 3.8) is 0 Å². The van der Waals surface area contributed by atoms with Gasteiger partial charge in [-0.15, -0.1) is 0 Å². The molecular weight excluding hydrogens is 252 g/mol. The number of aryl methyl sites for hydroxylation is 1. The van der Waals surface area contributed by atoms with Crippen LogP contribution in [-0.2, 0) is 11.3 Å². The lowest BCUT2D eigenvalue weighted by Crippen LogP contribution is -2.46. The molecular formula is C16H28N2O2. The highest BCUT2D eigenvalue weighted by molar-refractivity contribution is 5.05. The number of furan rings is 1. The lowest BCUT2D eigenvalue weighted by atomic mass is 9.79. The van der Waals surface area contributed by atoms with Crippen molar-refractivity contribution < 1.29 is 9.15 Å². The number of ether oxygens (including phenoxy) is 1. The van der Waals surface area contributed by atoms with Crippen LogP contribution in [0.15, 0.2) is 16.5 Å². The van der Waals surface area contributed by atoms with Crippen molar-refractivity contribution in [3.05, 3.63) is 23.7 Å². The average Bonchev–Trinajstić information content (AvgIpc) is 2.82. The van der Waals surface area contributed by atoms with E-state index in [0.29, 0.717) is 5.41 Å². The van der Waals surface area contributed by atoms with Crippen LogP contribution in [0.25, 0.3) is 0 Å². The predicted molar refractivity (Wildman–Crippen MR) is 80.8 cm³/mol. The molecule has 0 atom stereocenters. The SMILES string of the molecule is CCNCC1(CN(C)Cc2ccc(C)o2)CCOCC1. The molecule has 1 fully saturated rings. The van der Waals surface area contributed by atoms with E-state index in [-0.39, 0.29) is 0 Å². The van der Waals surface area contributed by atoms with E-state index in [2.05, 4.69) is 30.3 Å². The molecule has 1 N–H and O–H groups in total. The van der Waals surface area contributed by atoms with Crippen molar-refractivity contribution in [2.75, 3.05) is 39.9 Å². The summed E-state index contributed by atoms with van der Waals surface area (Å²) in [5.74, 6) is 2.04. The molecule has 0 aromatic carbocycles. The molecule has 1 aliphatic rings. The van der Waals surface area contributed by atoms with Crippen LogP contribution < -0.4 is 5.32 Å². The molecule has 20 heavy (non-hydrogen) atoms. The minimum atomic E-state index is 0.338. The lowest BCUT2D eigenvalue weighted by Gasteiger charge is -2.40. The lowest BCUT2D eigenvalue weighted by molar-refractivity contribution is -0.00213. The molecule has 0 aliphatic carbocycles. The van der Waals surface area contributed by atoms with Crippen LogP contribution in [0.1, 0.15) is 31.3 Å². The molecule has 0 amide bonds. The number of nitrogens with one attached hydrogen (secondary N) is 1. The van der Waals surface area contributed by atoms with Gasteiger partial charge in [0.1, 0.15) is 11.5 Å². The van der Waals surface area contributed by atoms with Crippen LogP contribution in [-0.4, -0.2) is 44.8 Å². The third kappa shape index (κ3) is 4.33. The van der Waals surface area contributed by atoms with Crippen molar-refractivity contribution in [1.29, 1.82) is 0 Å². The summed E-state index contributed by atoms with van der Waals surface area (Å²) in [6.45, 7) is 10.0. The zero-order valence-corrected chi connectivity index (χ0v) is 13.1. The van der Waals surface area contributed by atoms with Crippen molar-refractivity contribution in [3.8, 4) is 0 Å². The number of hydrogen-bond donors (Lipinski definition) is 1. The first kappa shape index (κ1) is 15.5. The van der Waals surface area contributed by atoms with Gasteiger partial charge in [0.2, 0.25) is 0 Å². The van der Waals surface area contributed by atoms with E-state index in [1.165, 1.54) is 0 Å². The highest BCUT2D eigenvalue weighted by atomic mass is 16.5.